The summed E-state index contributed by atoms with van der Waals surface area (Å²) in [7, 11) is 0. The Hall–Kier alpha value is -2.67. The van der Waals surface area contributed by atoms with Crippen LogP contribution in [0, 0.1) is 6.92 Å². The Morgan fingerprint density at radius 3 is 2.57 bits per heavy atom. The Labute approximate surface area is 134 Å². The summed E-state index contributed by atoms with van der Waals surface area (Å²) in [6, 6.07) is 10.00. The van der Waals surface area contributed by atoms with Crippen LogP contribution in [0.15, 0.2) is 30.3 Å². The molecule has 0 saturated carbocycles. The van der Waals surface area contributed by atoms with Crippen molar-refractivity contribution in [3.05, 3.63) is 36.0 Å². The van der Waals surface area contributed by atoms with Gasteiger partial charge >= 0.3 is 0 Å². The van der Waals surface area contributed by atoms with Crippen LogP contribution in [0.3, 0.4) is 0 Å². The van der Waals surface area contributed by atoms with Gasteiger partial charge in [-0.1, -0.05) is 18.2 Å². The second kappa shape index (κ2) is 5.51. The number of para-hydroxylation sites is 1. The average molecular weight is 309 g/mol. The molecule has 0 aliphatic carbocycles. The summed E-state index contributed by atoms with van der Waals surface area (Å²) in [4.78, 5) is 11.1. The number of nitrogens with zero attached hydrogens (tertiary/aromatic N) is 5. The minimum atomic E-state index is 0.277. The fraction of sp³-hybridized carbons (Fsp3) is 0.312. The summed E-state index contributed by atoms with van der Waals surface area (Å²) in [6.45, 7) is 5.71. The lowest BCUT2D eigenvalue weighted by Gasteiger charge is -2.27. The van der Waals surface area contributed by atoms with E-state index in [-0.39, 0.29) is 5.95 Å². The first kappa shape index (κ1) is 14.0. The third-order valence-electron chi connectivity index (χ3n) is 4.12. The van der Waals surface area contributed by atoms with Gasteiger partial charge in [-0.25, -0.2) is 9.67 Å². The van der Waals surface area contributed by atoms with Gasteiger partial charge in [0, 0.05) is 26.2 Å². The molecule has 1 aromatic carbocycles. The Kier molecular flexibility index (Phi) is 3.34. The van der Waals surface area contributed by atoms with Gasteiger partial charge in [-0.2, -0.15) is 4.98 Å². The van der Waals surface area contributed by atoms with Gasteiger partial charge in [0.2, 0.25) is 5.95 Å². The van der Waals surface area contributed by atoms with E-state index in [1.165, 1.54) is 0 Å². The summed E-state index contributed by atoms with van der Waals surface area (Å²) in [5.74, 6) is 1.21. The van der Waals surface area contributed by atoms with Crippen LogP contribution in [0.1, 0.15) is 5.69 Å². The molecule has 0 radical (unpaired) electrons. The van der Waals surface area contributed by atoms with Crippen LogP contribution in [0.4, 0.5) is 11.8 Å². The third kappa shape index (κ3) is 2.39. The highest BCUT2D eigenvalue weighted by Crippen LogP contribution is 2.30. The Morgan fingerprint density at radius 2 is 1.83 bits per heavy atom. The molecule has 2 aromatic heterocycles. The molecule has 1 aliphatic heterocycles. The SMILES string of the molecule is Cc1nc(N)nc2c1c(N1CCNCC1)nn2-c1ccccc1. The third-order valence-corrected chi connectivity index (χ3v) is 4.12. The molecule has 4 rings (SSSR count). The standard InChI is InChI=1S/C16H19N7/c1-11-13-14(20-16(17)19-11)23(12-5-3-2-4-6-12)21-15(13)22-9-7-18-8-10-22/h2-6,18H,7-10H2,1H3,(H2,17,19,20). The van der Waals surface area contributed by atoms with Crippen molar-refractivity contribution >= 4 is 22.8 Å². The summed E-state index contributed by atoms with van der Waals surface area (Å²) in [5, 5.41) is 9.19. The summed E-state index contributed by atoms with van der Waals surface area (Å²) in [5.41, 5.74) is 8.46. The maximum absolute atomic E-state index is 5.87. The van der Waals surface area contributed by atoms with Gasteiger partial charge < -0.3 is 16.0 Å². The van der Waals surface area contributed by atoms with Crippen molar-refractivity contribution in [2.45, 2.75) is 6.92 Å². The number of anilines is 2. The second-order valence-electron chi connectivity index (χ2n) is 5.67. The van der Waals surface area contributed by atoms with Gasteiger partial charge in [0.15, 0.2) is 11.5 Å². The van der Waals surface area contributed by atoms with Gasteiger partial charge in [-0.15, -0.1) is 5.10 Å². The maximum Gasteiger partial charge on any atom is 0.222 e. The van der Waals surface area contributed by atoms with E-state index in [0.29, 0.717) is 0 Å². The van der Waals surface area contributed by atoms with Crippen LogP contribution in [-0.2, 0) is 0 Å². The van der Waals surface area contributed by atoms with Crippen molar-refractivity contribution in [3.8, 4) is 5.69 Å². The van der Waals surface area contributed by atoms with Gasteiger partial charge in [0.1, 0.15) is 0 Å². The van der Waals surface area contributed by atoms with E-state index in [0.717, 1.165) is 54.4 Å². The number of rotatable bonds is 2. The first-order valence-electron chi connectivity index (χ1n) is 7.78. The van der Waals surface area contributed by atoms with E-state index in [2.05, 4.69) is 20.2 Å². The number of nitrogens with two attached hydrogens (primary N) is 1. The monoisotopic (exact) mass is 309 g/mol. The highest BCUT2D eigenvalue weighted by atomic mass is 15.4. The van der Waals surface area contributed by atoms with E-state index in [9.17, 15) is 0 Å². The van der Waals surface area contributed by atoms with Crippen LogP contribution in [0.25, 0.3) is 16.7 Å². The number of aromatic nitrogens is 4. The van der Waals surface area contributed by atoms with Gasteiger partial charge in [-0.05, 0) is 19.1 Å². The molecule has 7 heteroatoms. The molecule has 3 N–H and O–H groups in total. The van der Waals surface area contributed by atoms with Crippen LogP contribution in [-0.4, -0.2) is 45.9 Å². The number of benzene rings is 1. The molecule has 1 aliphatic rings. The highest BCUT2D eigenvalue weighted by molar-refractivity contribution is 5.91. The van der Waals surface area contributed by atoms with E-state index >= 15 is 0 Å². The van der Waals surface area contributed by atoms with Crippen molar-refractivity contribution < 1.29 is 0 Å². The number of hydrogen-bond acceptors (Lipinski definition) is 6. The average Bonchev–Trinajstić information content (AvgIpc) is 2.96. The molecule has 1 fully saturated rings. The predicted molar refractivity (Wildman–Crippen MR) is 90.9 cm³/mol. The first-order valence-corrected chi connectivity index (χ1v) is 7.78. The summed E-state index contributed by atoms with van der Waals surface area (Å²) < 4.78 is 1.86. The van der Waals surface area contributed by atoms with E-state index in [1.807, 2.05) is 41.9 Å². The van der Waals surface area contributed by atoms with Crippen LogP contribution >= 0.6 is 0 Å². The first-order chi connectivity index (χ1) is 11.2. The largest absolute Gasteiger partial charge is 0.368 e. The zero-order chi connectivity index (χ0) is 15.8. The van der Waals surface area contributed by atoms with Crippen molar-refractivity contribution in [3.63, 3.8) is 0 Å². The molecule has 0 amide bonds. The number of fused-ring (bicyclic) bond motifs is 1. The van der Waals surface area contributed by atoms with E-state index < -0.39 is 0 Å². The zero-order valence-electron chi connectivity index (χ0n) is 13.0. The molecular formula is C16H19N7. The lowest BCUT2D eigenvalue weighted by atomic mass is 10.2. The number of piperazine rings is 1. The van der Waals surface area contributed by atoms with E-state index in [4.69, 9.17) is 10.8 Å². The highest BCUT2D eigenvalue weighted by Gasteiger charge is 2.22. The quantitative estimate of drug-likeness (QED) is 0.738. The molecule has 118 valence electrons. The molecule has 0 unspecified atom stereocenters. The number of nitrogens with one attached hydrogen (secondary N) is 1. The minimum absolute atomic E-state index is 0.277. The second-order valence-corrected chi connectivity index (χ2v) is 5.67. The normalized spacial score (nSPS) is 15.3. The number of aryl methyl sites for hydroxylation is 1. The van der Waals surface area contributed by atoms with Crippen LogP contribution in [0.2, 0.25) is 0 Å². The smallest absolute Gasteiger partial charge is 0.222 e. The molecule has 23 heavy (non-hydrogen) atoms. The maximum atomic E-state index is 5.87. The van der Waals surface area contributed by atoms with Crippen LogP contribution in [0.5, 0.6) is 0 Å². The van der Waals surface area contributed by atoms with E-state index in [1.54, 1.807) is 0 Å². The minimum Gasteiger partial charge on any atom is -0.368 e. The molecule has 0 atom stereocenters. The van der Waals surface area contributed by atoms with Gasteiger partial charge in [-0.3, -0.25) is 0 Å². The lowest BCUT2D eigenvalue weighted by molar-refractivity contribution is 0.584. The van der Waals surface area contributed by atoms with Crippen LogP contribution < -0.4 is 16.0 Å². The Bertz CT molecular complexity index is 835. The zero-order valence-corrected chi connectivity index (χ0v) is 13.0. The molecule has 3 heterocycles. The fourth-order valence-corrected chi connectivity index (χ4v) is 3.03. The molecule has 1 saturated heterocycles. The number of hydrogen-bond donors (Lipinski definition) is 2. The molecule has 0 spiro atoms. The van der Waals surface area contributed by atoms with Crippen molar-refractivity contribution in [2.24, 2.45) is 0 Å². The lowest BCUT2D eigenvalue weighted by Crippen LogP contribution is -2.43. The molecule has 3 aromatic rings. The topological polar surface area (TPSA) is 84.9 Å². The molecule has 0 bridgehead atoms. The van der Waals surface area contributed by atoms with Crippen molar-refractivity contribution in [1.82, 2.24) is 25.1 Å². The predicted octanol–water partition coefficient (Wildman–Crippen LogP) is 1.12. The van der Waals surface area contributed by atoms with Crippen molar-refractivity contribution in [2.75, 3.05) is 36.8 Å². The summed E-state index contributed by atoms with van der Waals surface area (Å²) in [6.07, 6.45) is 0. The molecular weight excluding hydrogens is 290 g/mol. The number of nitrogen functional groups attached to an aromatic ring is 1. The molecule has 7 nitrogen and oxygen atoms in total. The summed E-state index contributed by atoms with van der Waals surface area (Å²) >= 11 is 0. The Morgan fingerprint density at radius 1 is 1.09 bits per heavy atom. The Balaban J connectivity index is 1.96. The van der Waals surface area contributed by atoms with Crippen molar-refractivity contribution in [1.29, 1.82) is 0 Å². The fourth-order valence-electron chi connectivity index (χ4n) is 3.03. The van der Waals surface area contributed by atoms with Gasteiger partial charge in [0.05, 0.1) is 16.8 Å². The van der Waals surface area contributed by atoms with Gasteiger partial charge in [0.25, 0.3) is 0 Å².